The number of aryl methyl sites for hydroxylation is 1. The summed E-state index contributed by atoms with van der Waals surface area (Å²) in [4.78, 5) is 31.1. The van der Waals surface area contributed by atoms with Crippen molar-refractivity contribution >= 4 is 11.0 Å². The van der Waals surface area contributed by atoms with Crippen molar-refractivity contribution in [3.8, 4) is 0 Å². The molecule has 0 radical (unpaired) electrons. The van der Waals surface area contributed by atoms with E-state index in [-0.39, 0.29) is 0 Å². The van der Waals surface area contributed by atoms with Gasteiger partial charge in [-0.25, -0.2) is 0 Å². The van der Waals surface area contributed by atoms with Gasteiger partial charge < -0.3 is 9.97 Å². The summed E-state index contributed by atoms with van der Waals surface area (Å²) in [6.07, 6.45) is 4.67. The Labute approximate surface area is 136 Å². The average Bonchev–Trinajstić information content (AvgIpc) is 2.54. The van der Waals surface area contributed by atoms with Gasteiger partial charge in [0.2, 0.25) is 0 Å². The Morgan fingerprint density at radius 2 is 1.57 bits per heavy atom. The number of hydrogen-bond acceptors (Lipinski definition) is 3. The fourth-order valence-corrected chi connectivity index (χ4v) is 2.81. The van der Waals surface area contributed by atoms with Crippen molar-refractivity contribution in [2.24, 2.45) is 0 Å². The van der Waals surface area contributed by atoms with Crippen LogP contribution < -0.4 is 11.1 Å². The molecule has 0 saturated heterocycles. The van der Waals surface area contributed by atoms with Crippen LogP contribution in [0.25, 0.3) is 11.0 Å². The van der Waals surface area contributed by atoms with Crippen molar-refractivity contribution in [3.63, 3.8) is 0 Å². The van der Waals surface area contributed by atoms with Crippen molar-refractivity contribution in [1.29, 1.82) is 0 Å². The van der Waals surface area contributed by atoms with Gasteiger partial charge in [-0.05, 0) is 50.0 Å². The minimum absolute atomic E-state index is 0.585. The van der Waals surface area contributed by atoms with Crippen LogP contribution in [0.1, 0.15) is 50.7 Å². The number of aromatic nitrogens is 2. The molecule has 126 valence electrons. The van der Waals surface area contributed by atoms with Gasteiger partial charge in [-0.2, -0.15) is 0 Å². The molecule has 0 aliphatic carbocycles. The molecule has 2 aromatic rings. The Morgan fingerprint density at radius 3 is 2.17 bits per heavy atom. The predicted octanol–water partition coefficient (Wildman–Crippen LogP) is 2.93. The number of nitrogens with one attached hydrogen (secondary N) is 2. The van der Waals surface area contributed by atoms with Crippen molar-refractivity contribution in [3.05, 3.63) is 44.0 Å². The minimum atomic E-state index is -0.596. The van der Waals surface area contributed by atoms with Crippen LogP contribution in [0.5, 0.6) is 0 Å². The lowest BCUT2D eigenvalue weighted by Gasteiger charge is -2.23. The van der Waals surface area contributed by atoms with Crippen molar-refractivity contribution in [1.82, 2.24) is 14.9 Å². The zero-order valence-electron chi connectivity index (χ0n) is 14.4. The van der Waals surface area contributed by atoms with Crippen molar-refractivity contribution in [2.75, 3.05) is 13.1 Å². The Bertz CT molecular complexity index is 753. The third kappa shape index (κ3) is 4.32. The lowest BCUT2D eigenvalue weighted by atomic mass is 10.1. The summed E-state index contributed by atoms with van der Waals surface area (Å²) in [6.45, 7) is 9.35. The number of fused-ring (bicyclic) bond motifs is 1. The molecule has 2 N–H and O–H groups in total. The molecule has 5 heteroatoms. The molecule has 2 rings (SSSR count). The number of aromatic amines is 2. The minimum Gasteiger partial charge on any atom is -0.316 e. The molecular weight excluding hydrogens is 290 g/mol. The second-order valence-electron chi connectivity index (χ2n) is 6.18. The van der Waals surface area contributed by atoms with Gasteiger partial charge in [-0.15, -0.1) is 0 Å². The van der Waals surface area contributed by atoms with E-state index in [1.807, 2.05) is 12.1 Å². The van der Waals surface area contributed by atoms with E-state index in [4.69, 9.17) is 0 Å². The van der Waals surface area contributed by atoms with Crippen molar-refractivity contribution < 1.29 is 0 Å². The quantitative estimate of drug-likeness (QED) is 0.736. The molecule has 0 atom stereocenters. The van der Waals surface area contributed by atoms with Crippen molar-refractivity contribution in [2.45, 2.75) is 53.0 Å². The Morgan fingerprint density at radius 1 is 0.957 bits per heavy atom. The van der Waals surface area contributed by atoms with Crippen LogP contribution in [0.4, 0.5) is 0 Å². The highest BCUT2D eigenvalue weighted by Gasteiger charge is 2.12. The second-order valence-corrected chi connectivity index (χ2v) is 6.18. The predicted molar refractivity (Wildman–Crippen MR) is 95.0 cm³/mol. The van der Waals surface area contributed by atoms with Crippen LogP contribution in [-0.4, -0.2) is 28.0 Å². The number of hydrogen-bond donors (Lipinski definition) is 2. The monoisotopic (exact) mass is 317 g/mol. The number of rotatable bonds is 8. The van der Waals surface area contributed by atoms with E-state index in [2.05, 4.69) is 35.6 Å². The molecule has 1 aromatic heterocycles. The summed E-state index contributed by atoms with van der Waals surface area (Å²) in [6, 6.07) is 3.86. The SMILES string of the molecule is CCCCN(CCCC)Cc1c(C)ccc2[nH]c(=O)c(=O)[nH]c12. The molecule has 1 aromatic carbocycles. The van der Waals surface area contributed by atoms with Gasteiger partial charge in [0.25, 0.3) is 0 Å². The first-order valence-corrected chi connectivity index (χ1v) is 8.54. The Hall–Kier alpha value is -1.88. The van der Waals surface area contributed by atoms with Gasteiger partial charge in [-0.3, -0.25) is 14.5 Å². The van der Waals surface area contributed by atoms with E-state index in [1.165, 1.54) is 25.7 Å². The van der Waals surface area contributed by atoms with Crippen LogP contribution in [0.3, 0.4) is 0 Å². The standard InChI is InChI=1S/C18H27N3O2/c1-4-6-10-21(11-7-5-2)12-14-13(3)8-9-15-16(14)20-18(23)17(22)19-15/h8-9H,4-7,10-12H2,1-3H3,(H,19,22)(H,20,23). The summed E-state index contributed by atoms with van der Waals surface area (Å²) in [5, 5.41) is 0. The molecule has 0 aliphatic rings. The topological polar surface area (TPSA) is 69.0 Å². The Balaban J connectivity index is 2.39. The highest BCUT2D eigenvalue weighted by atomic mass is 16.2. The first-order valence-electron chi connectivity index (χ1n) is 8.54. The molecule has 0 fully saturated rings. The summed E-state index contributed by atoms with van der Waals surface area (Å²) in [5.41, 5.74) is 2.51. The summed E-state index contributed by atoms with van der Waals surface area (Å²) in [7, 11) is 0. The molecule has 0 aliphatic heterocycles. The normalized spacial score (nSPS) is 11.5. The molecule has 1 heterocycles. The average molecular weight is 317 g/mol. The Kier molecular flexibility index (Phi) is 6.16. The third-order valence-electron chi connectivity index (χ3n) is 4.28. The van der Waals surface area contributed by atoms with Crippen LogP contribution in [0, 0.1) is 6.92 Å². The molecule has 0 saturated carbocycles. The van der Waals surface area contributed by atoms with E-state index in [0.29, 0.717) is 5.52 Å². The second kappa shape index (κ2) is 8.11. The molecular formula is C18H27N3O2. The first kappa shape index (κ1) is 17.5. The largest absolute Gasteiger partial charge is 0.316 e. The fraction of sp³-hybridized carbons (Fsp3) is 0.556. The van der Waals surface area contributed by atoms with Gasteiger partial charge in [0.1, 0.15) is 0 Å². The number of H-pyrrole nitrogens is 2. The van der Waals surface area contributed by atoms with Gasteiger partial charge in [0.05, 0.1) is 11.0 Å². The zero-order chi connectivity index (χ0) is 16.8. The molecule has 0 bridgehead atoms. The van der Waals surface area contributed by atoms with Gasteiger partial charge in [0.15, 0.2) is 0 Å². The fourth-order valence-electron chi connectivity index (χ4n) is 2.81. The van der Waals surface area contributed by atoms with E-state index >= 15 is 0 Å². The maximum Gasteiger partial charge on any atom is 0.314 e. The number of unbranched alkanes of at least 4 members (excludes halogenated alkanes) is 2. The molecule has 23 heavy (non-hydrogen) atoms. The van der Waals surface area contributed by atoms with E-state index in [0.717, 1.165) is 36.3 Å². The van der Waals surface area contributed by atoms with Gasteiger partial charge in [0, 0.05) is 6.54 Å². The lowest BCUT2D eigenvalue weighted by Crippen LogP contribution is -2.30. The van der Waals surface area contributed by atoms with Crippen LogP contribution in [0.15, 0.2) is 21.7 Å². The zero-order valence-corrected chi connectivity index (χ0v) is 14.4. The van der Waals surface area contributed by atoms with Gasteiger partial charge >= 0.3 is 11.1 Å². The summed E-state index contributed by atoms with van der Waals surface area (Å²) >= 11 is 0. The van der Waals surface area contributed by atoms with E-state index in [1.54, 1.807) is 0 Å². The maximum atomic E-state index is 11.7. The van der Waals surface area contributed by atoms with Gasteiger partial charge in [-0.1, -0.05) is 32.8 Å². The van der Waals surface area contributed by atoms with E-state index < -0.39 is 11.1 Å². The highest BCUT2D eigenvalue weighted by molar-refractivity contribution is 5.78. The maximum absolute atomic E-state index is 11.7. The van der Waals surface area contributed by atoms with Crippen LogP contribution in [0.2, 0.25) is 0 Å². The summed E-state index contributed by atoms with van der Waals surface area (Å²) < 4.78 is 0. The summed E-state index contributed by atoms with van der Waals surface area (Å²) in [5.74, 6) is 0. The number of nitrogens with zero attached hydrogens (tertiary/aromatic N) is 1. The number of benzene rings is 1. The molecule has 0 unspecified atom stereocenters. The van der Waals surface area contributed by atoms with E-state index in [9.17, 15) is 9.59 Å². The first-order chi connectivity index (χ1) is 11.1. The van der Waals surface area contributed by atoms with Crippen LogP contribution >= 0.6 is 0 Å². The molecule has 0 amide bonds. The van der Waals surface area contributed by atoms with Crippen LogP contribution in [-0.2, 0) is 6.54 Å². The molecule has 0 spiro atoms. The smallest absolute Gasteiger partial charge is 0.314 e. The highest BCUT2D eigenvalue weighted by Crippen LogP contribution is 2.20. The molecule has 5 nitrogen and oxygen atoms in total. The third-order valence-corrected chi connectivity index (χ3v) is 4.28. The lowest BCUT2D eigenvalue weighted by molar-refractivity contribution is 0.257.